The van der Waals surface area contributed by atoms with Gasteiger partial charge in [-0.15, -0.1) is 0 Å². The maximum Gasteiger partial charge on any atom is 0.364 e. The molecule has 11 saturated heterocycles. The van der Waals surface area contributed by atoms with Crippen molar-refractivity contribution in [3.63, 3.8) is 0 Å². The van der Waals surface area contributed by atoms with Crippen LogP contribution in [0.25, 0.3) is 0 Å². The highest BCUT2D eigenvalue weighted by atomic mass is 16.8. The largest absolute Gasteiger partial charge is 0.477 e. The van der Waals surface area contributed by atoms with Gasteiger partial charge in [-0.3, -0.25) is 9.59 Å². The van der Waals surface area contributed by atoms with Crippen molar-refractivity contribution in [1.82, 2.24) is 10.6 Å². The molecule has 57 atom stereocenters. The molecule has 140 heavy (non-hydrogen) atoms. The highest BCUT2D eigenvalue weighted by molar-refractivity contribution is 5.77. The van der Waals surface area contributed by atoms with Crippen LogP contribution in [-0.4, -0.2) is 589 Å². The number of rotatable bonds is 39. The Morgan fingerprint density at radius 3 is 0.936 bits per heavy atom. The Balaban J connectivity index is 0.829. The summed E-state index contributed by atoms with van der Waals surface area (Å²) in [6.45, 7) is -5.27. The lowest BCUT2D eigenvalue weighted by Gasteiger charge is -2.51. The summed E-state index contributed by atoms with van der Waals surface area (Å²) in [5, 5.41) is 372. The van der Waals surface area contributed by atoms with Crippen LogP contribution in [0.15, 0.2) is 0 Å². The number of hydrogen-bond acceptors (Lipinski definition) is 56. The molecule has 0 spiro atoms. The zero-order chi connectivity index (χ0) is 104. The third kappa shape index (κ3) is 24.7. The fourth-order valence-corrected chi connectivity index (χ4v) is 18.5. The van der Waals surface area contributed by atoms with E-state index in [2.05, 4.69) is 10.6 Å². The molecule has 812 valence electrons. The molecule has 0 aliphatic carbocycles. The number of ether oxygens (including phenoxy) is 21. The van der Waals surface area contributed by atoms with Crippen molar-refractivity contribution in [2.45, 2.75) is 379 Å². The molecule has 0 aromatic heterocycles. The second-order valence-corrected chi connectivity index (χ2v) is 36.7. The standard InChI is InChI=1S/C80H134N2O58/c1-20-41(97)59(32(13-87)123-68(20)115)132-69-21(2)42(98)62(35(16-90)126-69)135-74-58(114)65(136-76-67(55(111)48(104)31(12-86)125-76)138-71-23(4)44(100)61(34(15-89)128-71)134-73-57(113)53(109)50(106)38(131-73)19-122-80(78(118)119)8-27(94)40(82-25(6)92)64(140-80)46(102)29(96)10-84)51(107)36(129-74)17-120-75-66(54(110)47(103)30(11-85)124-75)137-70-22(3)43(99)60(33(14-88)127-70)133-72-56(112)52(108)49(105)37(130-72)18-121-79(77(116)117)7-26(93)39(81-24(5)91)63(139-79)45(101)28(95)9-83/h20-23,26-76,83-90,93-115H,7-19H2,1-6H3,(H,81,91)(H,82,92)(H,116,117)(H,118,119)/t20-,21-,22?,23-,26+,27+,28+,29+,30?,31+,32?,33-,34?,35?,36?,37?,38?,39+,40+,41?,42?,43?,44?,45+,46+,47+,48+,49-,50-,51+,52?,53-,54-,55?,56-,57?,58+,59+,60+,61+,62+,63?,64?,65?,66?,67?,68?,69-,70-,71-,72-,73-,74-,75-,76+,79+,80+/m0/s1. The summed E-state index contributed by atoms with van der Waals surface area (Å²) in [6.07, 6.45) is -103. The number of aliphatic hydroxyl groups is 31. The molecule has 0 aromatic carbocycles. The van der Waals surface area contributed by atoms with Crippen LogP contribution < -0.4 is 10.6 Å². The molecular formula is C80H134N2O58. The number of amides is 2. The summed E-state index contributed by atoms with van der Waals surface area (Å²) in [4.78, 5) is 50.3. The van der Waals surface area contributed by atoms with E-state index in [0.29, 0.717) is 0 Å². The van der Waals surface area contributed by atoms with E-state index in [-0.39, 0.29) is 0 Å². The minimum absolute atomic E-state index is 0.829. The summed E-state index contributed by atoms with van der Waals surface area (Å²) in [5.41, 5.74) is 0. The molecule has 60 nitrogen and oxygen atoms in total. The van der Waals surface area contributed by atoms with Gasteiger partial charge in [0, 0.05) is 50.4 Å². The number of nitrogens with one attached hydrogen (secondary N) is 2. The monoisotopic (exact) mass is 2050 g/mol. The number of carbonyl (C=O) groups is 4. The summed E-state index contributed by atoms with van der Waals surface area (Å²) >= 11 is 0. The maximum atomic E-state index is 13.0. The average Bonchev–Trinajstić information content (AvgIpc) is 0.763. The lowest BCUT2D eigenvalue weighted by Crippen LogP contribution is -2.68. The first kappa shape index (κ1) is 116. The molecule has 0 radical (unpaired) electrons. The Labute approximate surface area is 794 Å². The summed E-state index contributed by atoms with van der Waals surface area (Å²) < 4.78 is 125. The number of aliphatic hydroxyl groups excluding tert-OH is 31. The molecule has 11 aliphatic heterocycles. The van der Waals surface area contributed by atoms with Crippen LogP contribution in [-0.2, 0) is 119 Å². The van der Waals surface area contributed by atoms with E-state index in [1.165, 1.54) is 27.7 Å². The first-order chi connectivity index (χ1) is 66.0. The predicted molar refractivity (Wildman–Crippen MR) is 433 cm³/mol. The van der Waals surface area contributed by atoms with E-state index in [0.717, 1.165) is 13.8 Å². The third-order valence-electron chi connectivity index (χ3n) is 27.1. The van der Waals surface area contributed by atoms with Gasteiger partial charge in [0.25, 0.3) is 11.6 Å². The number of carboxylic acids is 2. The van der Waals surface area contributed by atoms with Gasteiger partial charge in [0.1, 0.15) is 208 Å². The van der Waals surface area contributed by atoms with E-state index in [1.54, 1.807) is 0 Å². The third-order valence-corrected chi connectivity index (χ3v) is 27.1. The molecule has 11 fully saturated rings. The van der Waals surface area contributed by atoms with E-state index in [1.807, 2.05) is 0 Å². The van der Waals surface area contributed by atoms with Gasteiger partial charge in [-0.2, -0.15) is 0 Å². The molecular weight excluding hydrogens is 1920 g/mol. The van der Waals surface area contributed by atoms with Gasteiger partial charge in [0.2, 0.25) is 11.8 Å². The number of aliphatic carboxylic acids is 2. The lowest BCUT2D eigenvalue weighted by atomic mass is 9.88. The van der Waals surface area contributed by atoms with Crippen molar-refractivity contribution in [2.24, 2.45) is 23.7 Å². The zero-order valence-electron chi connectivity index (χ0n) is 75.9. The van der Waals surface area contributed by atoms with Crippen LogP contribution >= 0.6 is 0 Å². The van der Waals surface area contributed by atoms with Gasteiger partial charge < -0.3 is 279 Å². The molecule has 11 rings (SSSR count). The Morgan fingerprint density at radius 1 is 0.307 bits per heavy atom. The van der Waals surface area contributed by atoms with Gasteiger partial charge >= 0.3 is 11.9 Å². The normalized spacial score (nSPS) is 49.2. The fraction of sp³-hybridized carbons (Fsp3) is 0.950. The van der Waals surface area contributed by atoms with Gasteiger partial charge in [-0.1, -0.05) is 27.7 Å². The van der Waals surface area contributed by atoms with Crippen molar-refractivity contribution < 1.29 is 287 Å². The van der Waals surface area contributed by atoms with Gasteiger partial charge in [0.05, 0.1) is 121 Å². The highest BCUT2D eigenvalue weighted by Crippen LogP contribution is 2.45. The van der Waals surface area contributed by atoms with Crippen molar-refractivity contribution >= 4 is 23.8 Å². The lowest BCUT2D eigenvalue weighted by molar-refractivity contribution is -0.403. The van der Waals surface area contributed by atoms with Crippen molar-refractivity contribution in [1.29, 1.82) is 0 Å². The van der Waals surface area contributed by atoms with Crippen LogP contribution in [0.3, 0.4) is 0 Å². The smallest absolute Gasteiger partial charge is 0.364 e. The number of carboxylic acid groups (broad SMARTS) is 2. The minimum atomic E-state index is -3.06. The molecule has 35 N–H and O–H groups in total. The fourth-order valence-electron chi connectivity index (χ4n) is 18.5. The number of hydrogen-bond donors (Lipinski definition) is 35. The van der Waals surface area contributed by atoms with E-state index < -0.39 is 457 Å². The predicted octanol–water partition coefficient (Wildman–Crippen LogP) is -21.2. The minimum Gasteiger partial charge on any atom is -0.477 e. The van der Waals surface area contributed by atoms with Gasteiger partial charge in [-0.25, -0.2) is 9.59 Å². The molecule has 60 heteroatoms. The first-order valence-corrected chi connectivity index (χ1v) is 45.2. The zero-order valence-corrected chi connectivity index (χ0v) is 75.9. The number of carbonyl (C=O) groups excluding carboxylic acids is 2. The van der Waals surface area contributed by atoms with Crippen LogP contribution in [0, 0.1) is 23.7 Å². The Morgan fingerprint density at radius 2 is 0.593 bits per heavy atom. The van der Waals surface area contributed by atoms with E-state index in [9.17, 15) is 188 Å². The highest BCUT2D eigenvalue weighted by Gasteiger charge is 2.64. The Hall–Kier alpha value is -4.20. The second kappa shape index (κ2) is 49.5. The van der Waals surface area contributed by atoms with Crippen LogP contribution in [0.4, 0.5) is 0 Å². The van der Waals surface area contributed by atoms with Gasteiger partial charge in [0.15, 0.2) is 56.6 Å². The SMILES string of the molecule is CC(=O)N[C@H]1C([C@H](O)[C@H](O)CO)O[C@@](OCC2O[C@@H](O[C@H]3C(O)C(C)[C@H](OC4[C@@H](OCC5O[C@@H](O[C@@H]6C(CO)O[C@@H](O[C@@H]7C(CO)OC(O)[C@@H](C)C7O)[C@@H](C)C6O)[C@H](O)C(O[C@H]6O[C@H](CO)[C@@H](O)C(O)C6O[C@@H]6OC(CO)[C@@H](O[C@@H]7OC(CO[C@]8(C(=O)O)C[C@@H](O)[C@@H](NC(C)=O)C([C@H](O)[C@H](O)CO)O8)[C@H](O)[C@H](O)C7O)C(O)[C@@H]6C)[C@@H]5O)OC(CO)[C@@H](O)[C@@H]4O)O[C@H]3CO)[C@@H](O)C(O)[C@H]2O)(C(=O)O)C[C@H]1O. The molecule has 11 aliphatic rings. The topological polar surface area (TPSA) is 954 Å². The molecule has 2 amide bonds. The van der Waals surface area contributed by atoms with E-state index >= 15 is 0 Å². The second-order valence-electron chi connectivity index (χ2n) is 36.7. The van der Waals surface area contributed by atoms with Crippen molar-refractivity contribution in [3.8, 4) is 0 Å². The van der Waals surface area contributed by atoms with Gasteiger partial charge in [-0.05, 0) is 0 Å². The maximum absolute atomic E-state index is 13.0. The molecule has 11 heterocycles. The molecule has 0 saturated carbocycles. The molecule has 0 bridgehead atoms. The summed E-state index contributed by atoms with van der Waals surface area (Å²) in [7, 11) is 0. The van der Waals surface area contributed by atoms with Crippen LogP contribution in [0.1, 0.15) is 54.4 Å². The summed E-state index contributed by atoms with van der Waals surface area (Å²) in [5.74, 6) is -17.2. The molecule has 21 unspecified atom stereocenters. The van der Waals surface area contributed by atoms with Crippen molar-refractivity contribution in [2.75, 3.05) is 72.7 Å². The Bertz CT molecular complexity index is 3870. The average molecular weight is 2050 g/mol. The van der Waals surface area contributed by atoms with E-state index in [4.69, 9.17) is 99.5 Å². The van der Waals surface area contributed by atoms with Crippen LogP contribution in [0.2, 0.25) is 0 Å². The van der Waals surface area contributed by atoms with Crippen LogP contribution in [0.5, 0.6) is 0 Å². The summed E-state index contributed by atoms with van der Waals surface area (Å²) in [6, 6.07) is -3.30. The van der Waals surface area contributed by atoms with Crippen molar-refractivity contribution in [3.05, 3.63) is 0 Å². The quantitative estimate of drug-likeness (QED) is 0.0272. The first-order valence-electron chi connectivity index (χ1n) is 45.2. The molecule has 0 aromatic rings. The Kier molecular flexibility index (Phi) is 41.0.